The van der Waals surface area contributed by atoms with E-state index in [0.29, 0.717) is 0 Å². The molecule has 0 spiro atoms. The highest BCUT2D eigenvalue weighted by Gasteiger charge is 2.32. The van der Waals surface area contributed by atoms with Gasteiger partial charge in [-0.15, -0.1) is 0 Å². The van der Waals surface area contributed by atoms with Gasteiger partial charge in [-0.05, 0) is 27.2 Å². The summed E-state index contributed by atoms with van der Waals surface area (Å²) in [6.07, 6.45) is -0.230. The highest BCUT2D eigenvalue weighted by atomic mass is 31.1. The molecule has 0 radical (unpaired) electrons. The Hall–Kier alpha value is -0.870. The SMILES string of the molecule is CC(C(CCC(=O)O)C(=O)OC(C)(C)C)[PH](=O)O. The average Bonchev–Trinajstić information content (AvgIpc) is 2.13. The summed E-state index contributed by atoms with van der Waals surface area (Å²) in [4.78, 5) is 31.5. The van der Waals surface area contributed by atoms with Gasteiger partial charge in [-0.25, -0.2) is 0 Å². The number of esters is 1. The highest BCUT2D eigenvalue weighted by Crippen LogP contribution is 2.32. The first-order chi connectivity index (χ1) is 8.04. The highest BCUT2D eigenvalue weighted by molar-refractivity contribution is 7.38. The van der Waals surface area contributed by atoms with E-state index < -0.39 is 37.1 Å². The van der Waals surface area contributed by atoms with Crippen LogP contribution in [0.5, 0.6) is 0 Å². The van der Waals surface area contributed by atoms with Gasteiger partial charge in [0.1, 0.15) is 5.60 Å². The lowest BCUT2D eigenvalue weighted by atomic mass is 9.99. The molecule has 0 heterocycles. The van der Waals surface area contributed by atoms with Crippen molar-refractivity contribution in [1.29, 1.82) is 0 Å². The number of carbonyl (C=O) groups excluding carboxylic acids is 1. The second-order valence-corrected chi connectivity index (χ2v) is 6.79. The summed E-state index contributed by atoms with van der Waals surface area (Å²) < 4.78 is 16.2. The van der Waals surface area contributed by atoms with Crippen molar-refractivity contribution in [3.05, 3.63) is 0 Å². The maximum absolute atomic E-state index is 11.9. The lowest BCUT2D eigenvalue weighted by molar-refractivity contribution is -0.160. The fraction of sp³-hybridized carbons (Fsp3) is 0.818. The molecular formula is C11H21O6P. The first kappa shape index (κ1) is 17.1. The van der Waals surface area contributed by atoms with Gasteiger partial charge in [-0.2, -0.15) is 0 Å². The minimum atomic E-state index is -2.90. The van der Waals surface area contributed by atoms with Crippen LogP contribution in [0.3, 0.4) is 0 Å². The van der Waals surface area contributed by atoms with Crippen molar-refractivity contribution < 1.29 is 28.9 Å². The van der Waals surface area contributed by atoms with E-state index in [9.17, 15) is 14.2 Å². The van der Waals surface area contributed by atoms with Crippen LogP contribution in [0.2, 0.25) is 0 Å². The lowest BCUT2D eigenvalue weighted by Crippen LogP contribution is -2.33. The van der Waals surface area contributed by atoms with Crippen LogP contribution in [0.15, 0.2) is 0 Å². The first-order valence-electron chi connectivity index (χ1n) is 5.72. The Morgan fingerprint density at radius 2 is 1.83 bits per heavy atom. The molecule has 0 bridgehead atoms. The third-order valence-electron chi connectivity index (χ3n) is 2.37. The molecule has 0 aromatic carbocycles. The normalized spacial score (nSPS) is 16.7. The van der Waals surface area contributed by atoms with E-state index in [1.807, 2.05) is 0 Å². The molecule has 6 nitrogen and oxygen atoms in total. The smallest absolute Gasteiger partial charge is 0.310 e. The molecule has 18 heavy (non-hydrogen) atoms. The van der Waals surface area contributed by atoms with E-state index >= 15 is 0 Å². The fourth-order valence-electron chi connectivity index (χ4n) is 1.40. The van der Waals surface area contributed by atoms with Crippen LogP contribution in [0.25, 0.3) is 0 Å². The van der Waals surface area contributed by atoms with Crippen LogP contribution in [0.1, 0.15) is 40.5 Å². The summed E-state index contributed by atoms with van der Waals surface area (Å²) in [5.74, 6) is -2.53. The Bertz CT molecular complexity index is 333. The number of aliphatic carboxylic acids is 1. The Kier molecular flexibility index (Phi) is 6.57. The number of hydrogen-bond donors (Lipinski definition) is 2. The molecule has 3 atom stereocenters. The number of carbonyl (C=O) groups is 2. The van der Waals surface area contributed by atoms with Crippen molar-refractivity contribution in [3.8, 4) is 0 Å². The number of ether oxygens (including phenoxy) is 1. The summed E-state index contributed by atoms with van der Waals surface area (Å²) >= 11 is 0. The van der Waals surface area contributed by atoms with Crippen molar-refractivity contribution in [2.75, 3.05) is 0 Å². The van der Waals surface area contributed by atoms with Gasteiger partial charge in [-0.3, -0.25) is 14.2 Å². The summed E-state index contributed by atoms with van der Waals surface area (Å²) in [5, 5.41) is 8.61. The zero-order chi connectivity index (χ0) is 14.5. The monoisotopic (exact) mass is 280 g/mol. The van der Waals surface area contributed by atoms with Crippen LogP contribution in [0, 0.1) is 5.92 Å². The van der Waals surface area contributed by atoms with E-state index in [4.69, 9.17) is 14.7 Å². The van der Waals surface area contributed by atoms with Crippen LogP contribution in [-0.2, 0) is 18.9 Å². The molecule has 0 saturated heterocycles. The third-order valence-corrected chi connectivity index (χ3v) is 3.55. The maximum atomic E-state index is 11.9. The Morgan fingerprint density at radius 1 is 1.33 bits per heavy atom. The van der Waals surface area contributed by atoms with Crippen LogP contribution >= 0.6 is 8.03 Å². The van der Waals surface area contributed by atoms with Gasteiger partial charge in [0, 0.05) is 12.1 Å². The van der Waals surface area contributed by atoms with Crippen molar-refractivity contribution in [2.24, 2.45) is 5.92 Å². The molecule has 7 heteroatoms. The van der Waals surface area contributed by atoms with Gasteiger partial charge >= 0.3 is 11.9 Å². The van der Waals surface area contributed by atoms with Gasteiger partial charge < -0.3 is 14.7 Å². The van der Waals surface area contributed by atoms with Gasteiger partial charge in [-0.1, -0.05) is 6.92 Å². The van der Waals surface area contributed by atoms with E-state index in [2.05, 4.69) is 0 Å². The van der Waals surface area contributed by atoms with Gasteiger partial charge in [0.15, 0.2) is 8.03 Å². The van der Waals surface area contributed by atoms with Crippen molar-refractivity contribution in [2.45, 2.75) is 51.8 Å². The Morgan fingerprint density at radius 3 is 2.17 bits per heavy atom. The Labute approximate surface area is 107 Å². The molecule has 0 aliphatic carbocycles. The minimum Gasteiger partial charge on any atom is -0.481 e. The summed E-state index contributed by atoms with van der Waals surface area (Å²) in [6, 6.07) is 0. The second-order valence-electron chi connectivity index (χ2n) is 5.20. The van der Waals surface area contributed by atoms with Gasteiger partial charge in [0.25, 0.3) is 0 Å². The molecule has 0 rings (SSSR count). The number of carboxylic acid groups (broad SMARTS) is 1. The standard InChI is InChI=1S/C11H21O6P/c1-7(18(15)16)8(5-6-9(12)13)10(14)17-11(2,3)4/h7-8,18H,5-6H2,1-4H3,(H,12,13)(H,15,16). The third kappa shape index (κ3) is 6.77. The molecule has 3 unspecified atom stereocenters. The van der Waals surface area contributed by atoms with E-state index in [1.54, 1.807) is 20.8 Å². The number of carboxylic acids is 1. The molecule has 106 valence electrons. The van der Waals surface area contributed by atoms with E-state index in [0.717, 1.165) is 0 Å². The summed E-state index contributed by atoms with van der Waals surface area (Å²) in [7, 11) is -2.90. The summed E-state index contributed by atoms with van der Waals surface area (Å²) in [6.45, 7) is 6.52. The number of rotatable bonds is 6. The predicted molar refractivity (Wildman–Crippen MR) is 66.9 cm³/mol. The van der Waals surface area contributed by atoms with E-state index in [1.165, 1.54) is 6.92 Å². The van der Waals surface area contributed by atoms with Crippen molar-refractivity contribution in [3.63, 3.8) is 0 Å². The number of hydrogen-bond acceptors (Lipinski definition) is 4. The molecule has 2 N–H and O–H groups in total. The molecule has 0 aliphatic rings. The average molecular weight is 280 g/mol. The first-order valence-corrected chi connectivity index (χ1v) is 7.15. The van der Waals surface area contributed by atoms with Gasteiger partial charge in [0.05, 0.1) is 5.92 Å². The topological polar surface area (TPSA) is 101 Å². The van der Waals surface area contributed by atoms with E-state index in [-0.39, 0.29) is 12.8 Å². The van der Waals surface area contributed by atoms with Crippen LogP contribution in [-0.4, -0.2) is 33.2 Å². The minimum absolute atomic E-state index is 0.00236. The van der Waals surface area contributed by atoms with Crippen molar-refractivity contribution >= 4 is 20.0 Å². The molecule has 0 fully saturated rings. The molecule has 0 aromatic rings. The zero-order valence-corrected chi connectivity index (χ0v) is 12.1. The second kappa shape index (κ2) is 6.90. The zero-order valence-electron chi connectivity index (χ0n) is 11.1. The fourth-order valence-corrected chi connectivity index (χ4v) is 2.05. The molecule has 0 saturated carbocycles. The molecule has 0 aromatic heterocycles. The predicted octanol–water partition coefficient (Wildman–Crippen LogP) is 1.66. The maximum Gasteiger partial charge on any atom is 0.310 e. The Balaban J connectivity index is 4.80. The van der Waals surface area contributed by atoms with Gasteiger partial charge in [0.2, 0.25) is 0 Å². The summed E-state index contributed by atoms with van der Waals surface area (Å²) in [5.41, 5.74) is -1.49. The van der Waals surface area contributed by atoms with Crippen LogP contribution < -0.4 is 0 Å². The van der Waals surface area contributed by atoms with Crippen LogP contribution in [0.4, 0.5) is 0 Å². The molecular weight excluding hydrogens is 259 g/mol. The largest absolute Gasteiger partial charge is 0.481 e. The quantitative estimate of drug-likeness (QED) is 0.567. The molecule has 0 aliphatic heterocycles. The lowest BCUT2D eigenvalue weighted by Gasteiger charge is -2.26. The van der Waals surface area contributed by atoms with Crippen molar-refractivity contribution in [1.82, 2.24) is 0 Å². The molecule has 0 amide bonds.